The number of rotatable bonds is 7. The van der Waals surface area contributed by atoms with Gasteiger partial charge in [-0.15, -0.1) is 0 Å². The minimum atomic E-state index is 0.589. The van der Waals surface area contributed by atoms with Gasteiger partial charge >= 0.3 is 0 Å². The quantitative estimate of drug-likeness (QED) is 0.752. The lowest BCUT2D eigenvalue weighted by Gasteiger charge is -2.19. The monoisotopic (exact) mass is 233 g/mol. The summed E-state index contributed by atoms with van der Waals surface area (Å²) >= 11 is 0. The molecular formula is C16H27N. The number of hydrogen-bond acceptors (Lipinski definition) is 1. The Morgan fingerprint density at radius 3 is 2.47 bits per heavy atom. The second-order valence-electron chi connectivity index (χ2n) is 5.35. The van der Waals surface area contributed by atoms with E-state index in [-0.39, 0.29) is 0 Å². The molecule has 0 aliphatic carbocycles. The second kappa shape index (κ2) is 7.50. The summed E-state index contributed by atoms with van der Waals surface area (Å²) in [5, 5.41) is 3.57. The molecule has 0 saturated carbocycles. The summed E-state index contributed by atoms with van der Waals surface area (Å²) in [5.74, 6) is 0.767. The summed E-state index contributed by atoms with van der Waals surface area (Å²) in [7, 11) is 0. The van der Waals surface area contributed by atoms with Crippen LogP contribution in [0.1, 0.15) is 44.7 Å². The van der Waals surface area contributed by atoms with Crippen molar-refractivity contribution in [2.24, 2.45) is 5.92 Å². The Labute approximate surface area is 107 Å². The molecule has 1 N–H and O–H groups in total. The summed E-state index contributed by atoms with van der Waals surface area (Å²) in [6.45, 7) is 10.1. The second-order valence-corrected chi connectivity index (χ2v) is 5.35. The van der Waals surface area contributed by atoms with E-state index in [0.717, 1.165) is 12.5 Å². The van der Waals surface area contributed by atoms with Gasteiger partial charge in [-0.25, -0.2) is 0 Å². The summed E-state index contributed by atoms with van der Waals surface area (Å²) in [6.07, 6.45) is 3.80. The fourth-order valence-electron chi connectivity index (χ4n) is 2.24. The van der Waals surface area contributed by atoms with E-state index in [1.165, 1.54) is 30.4 Å². The van der Waals surface area contributed by atoms with Crippen LogP contribution in [-0.4, -0.2) is 12.6 Å². The van der Waals surface area contributed by atoms with Crippen molar-refractivity contribution < 1.29 is 0 Å². The van der Waals surface area contributed by atoms with Crippen LogP contribution in [-0.2, 0) is 6.42 Å². The van der Waals surface area contributed by atoms with Crippen molar-refractivity contribution in [3.05, 3.63) is 35.4 Å². The summed E-state index contributed by atoms with van der Waals surface area (Å²) in [4.78, 5) is 0. The summed E-state index contributed by atoms with van der Waals surface area (Å²) < 4.78 is 0. The zero-order valence-corrected chi connectivity index (χ0v) is 11.8. The van der Waals surface area contributed by atoms with Gasteiger partial charge < -0.3 is 5.32 Å². The van der Waals surface area contributed by atoms with Crippen LogP contribution < -0.4 is 5.32 Å². The lowest BCUT2D eigenvalue weighted by Crippen LogP contribution is -2.30. The third-order valence-corrected chi connectivity index (χ3v) is 3.28. The molecule has 0 saturated heterocycles. The van der Waals surface area contributed by atoms with Crippen LogP contribution in [0, 0.1) is 12.8 Å². The van der Waals surface area contributed by atoms with E-state index in [2.05, 4.69) is 57.3 Å². The number of benzene rings is 1. The molecule has 0 amide bonds. The largest absolute Gasteiger partial charge is 0.314 e. The van der Waals surface area contributed by atoms with Crippen LogP contribution in [0.3, 0.4) is 0 Å². The molecule has 17 heavy (non-hydrogen) atoms. The topological polar surface area (TPSA) is 12.0 Å². The maximum absolute atomic E-state index is 3.57. The number of hydrogen-bond donors (Lipinski definition) is 1. The normalized spacial score (nSPS) is 13.0. The third-order valence-electron chi connectivity index (χ3n) is 3.28. The van der Waals surface area contributed by atoms with Crippen molar-refractivity contribution in [2.45, 2.75) is 53.0 Å². The molecule has 0 fully saturated rings. The van der Waals surface area contributed by atoms with E-state index < -0.39 is 0 Å². The fourth-order valence-corrected chi connectivity index (χ4v) is 2.24. The van der Waals surface area contributed by atoms with Crippen molar-refractivity contribution in [2.75, 3.05) is 6.54 Å². The Morgan fingerprint density at radius 2 is 1.88 bits per heavy atom. The highest BCUT2D eigenvalue weighted by atomic mass is 14.9. The lowest BCUT2D eigenvalue weighted by atomic mass is 9.92. The molecular weight excluding hydrogens is 206 g/mol. The van der Waals surface area contributed by atoms with Crippen LogP contribution in [0.5, 0.6) is 0 Å². The van der Waals surface area contributed by atoms with Crippen molar-refractivity contribution in [1.82, 2.24) is 5.32 Å². The first-order chi connectivity index (χ1) is 8.13. The molecule has 1 heteroatoms. The van der Waals surface area contributed by atoms with Crippen LogP contribution in [0.25, 0.3) is 0 Å². The highest BCUT2D eigenvalue weighted by Gasteiger charge is 2.10. The van der Waals surface area contributed by atoms with E-state index >= 15 is 0 Å². The Morgan fingerprint density at radius 1 is 1.18 bits per heavy atom. The molecule has 0 aliphatic heterocycles. The smallest absolute Gasteiger partial charge is 0.00104 e. The Balaban J connectivity index is 2.56. The van der Waals surface area contributed by atoms with Gasteiger partial charge in [0.25, 0.3) is 0 Å². The average molecular weight is 233 g/mol. The zero-order chi connectivity index (χ0) is 12.7. The Bertz CT molecular complexity index is 317. The van der Waals surface area contributed by atoms with E-state index in [1.54, 1.807) is 0 Å². The van der Waals surface area contributed by atoms with Gasteiger partial charge in [0.2, 0.25) is 0 Å². The van der Waals surface area contributed by atoms with E-state index in [4.69, 9.17) is 0 Å². The van der Waals surface area contributed by atoms with Gasteiger partial charge in [-0.2, -0.15) is 0 Å². The number of aryl methyl sites for hydroxylation is 1. The van der Waals surface area contributed by atoms with Crippen LogP contribution in [0.15, 0.2) is 24.3 Å². The van der Waals surface area contributed by atoms with Gasteiger partial charge in [0.1, 0.15) is 0 Å². The van der Waals surface area contributed by atoms with Crippen LogP contribution in [0.2, 0.25) is 0 Å². The molecule has 1 unspecified atom stereocenters. The molecule has 1 nitrogen and oxygen atoms in total. The maximum atomic E-state index is 3.57. The minimum absolute atomic E-state index is 0.589. The van der Waals surface area contributed by atoms with Gasteiger partial charge in [0.15, 0.2) is 0 Å². The van der Waals surface area contributed by atoms with Crippen LogP contribution >= 0.6 is 0 Å². The van der Waals surface area contributed by atoms with E-state index in [9.17, 15) is 0 Å². The van der Waals surface area contributed by atoms with E-state index in [1.807, 2.05) is 0 Å². The average Bonchev–Trinajstić information content (AvgIpc) is 2.29. The fraction of sp³-hybridized carbons (Fsp3) is 0.625. The Kier molecular flexibility index (Phi) is 6.28. The summed E-state index contributed by atoms with van der Waals surface area (Å²) in [6, 6.07) is 9.36. The van der Waals surface area contributed by atoms with Gasteiger partial charge in [-0.3, -0.25) is 0 Å². The molecule has 96 valence electrons. The SMILES string of the molecule is CCCC(CNC(C)C)Cc1ccccc1C. The first-order valence-corrected chi connectivity index (χ1v) is 6.91. The number of nitrogens with one attached hydrogen (secondary N) is 1. The molecule has 0 spiro atoms. The highest BCUT2D eigenvalue weighted by Crippen LogP contribution is 2.16. The van der Waals surface area contributed by atoms with Crippen molar-refractivity contribution >= 4 is 0 Å². The van der Waals surface area contributed by atoms with Gasteiger partial charge in [-0.1, -0.05) is 51.5 Å². The van der Waals surface area contributed by atoms with Crippen LogP contribution in [0.4, 0.5) is 0 Å². The van der Waals surface area contributed by atoms with E-state index in [0.29, 0.717) is 6.04 Å². The van der Waals surface area contributed by atoms with Crippen molar-refractivity contribution in [3.63, 3.8) is 0 Å². The minimum Gasteiger partial charge on any atom is -0.314 e. The third kappa shape index (κ3) is 5.36. The standard InChI is InChI=1S/C16H27N/c1-5-8-15(12-17-13(2)3)11-16-10-7-6-9-14(16)4/h6-7,9-10,13,15,17H,5,8,11-12H2,1-4H3. The molecule has 1 atom stereocenters. The lowest BCUT2D eigenvalue weighted by molar-refractivity contribution is 0.418. The molecule has 0 bridgehead atoms. The molecule has 0 aromatic heterocycles. The van der Waals surface area contributed by atoms with Gasteiger partial charge in [0, 0.05) is 6.04 Å². The van der Waals surface area contributed by atoms with Crippen molar-refractivity contribution in [3.8, 4) is 0 Å². The first kappa shape index (κ1) is 14.2. The molecule has 1 aromatic carbocycles. The Hall–Kier alpha value is -0.820. The zero-order valence-electron chi connectivity index (χ0n) is 11.8. The highest BCUT2D eigenvalue weighted by molar-refractivity contribution is 5.25. The maximum Gasteiger partial charge on any atom is 0.00104 e. The van der Waals surface area contributed by atoms with Crippen molar-refractivity contribution in [1.29, 1.82) is 0 Å². The predicted octanol–water partition coefficient (Wildman–Crippen LogP) is 3.95. The summed E-state index contributed by atoms with van der Waals surface area (Å²) in [5.41, 5.74) is 2.94. The predicted molar refractivity (Wildman–Crippen MR) is 76.4 cm³/mol. The molecule has 0 aliphatic rings. The molecule has 0 heterocycles. The van der Waals surface area contributed by atoms with Gasteiger partial charge in [-0.05, 0) is 43.4 Å². The molecule has 1 rings (SSSR count). The first-order valence-electron chi connectivity index (χ1n) is 6.91. The molecule has 0 radical (unpaired) electrons. The molecule has 1 aromatic rings. The van der Waals surface area contributed by atoms with Gasteiger partial charge in [0.05, 0.1) is 0 Å².